The Hall–Kier alpha value is -1.70. The number of hydrogen-bond acceptors (Lipinski definition) is 4. The highest BCUT2D eigenvalue weighted by molar-refractivity contribution is 7.98. The number of benzene rings is 2. The van der Waals surface area contributed by atoms with Crippen molar-refractivity contribution in [3.63, 3.8) is 0 Å². The monoisotopic (exact) mass is 454 g/mol. The predicted octanol–water partition coefficient (Wildman–Crippen LogP) is 4.16. The van der Waals surface area contributed by atoms with E-state index >= 15 is 0 Å². The summed E-state index contributed by atoms with van der Waals surface area (Å²) in [7, 11) is -3.62. The summed E-state index contributed by atoms with van der Waals surface area (Å²) in [5, 5.41) is 3.55. The van der Waals surface area contributed by atoms with Crippen LogP contribution in [0.2, 0.25) is 5.02 Å². The number of nitrogens with zero attached hydrogens (tertiary/aromatic N) is 1. The zero-order valence-electron chi connectivity index (χ0n) is 17.1. The lowest BCUT2D eigenvalue weighted by atomic mass is 10.1. The van der Waals surface area contributed by atoms with Crippen molar-refractivity contribution in [1.82, 2.24) is 5.32 Å². The van der Waals surface area contributed by atoms with Gasteiger partial charge in [-0.2, -0.15) is 11.8 Å². The number of carbonyl (C=O) groups is 1. The summed E-state index contributed by atoms with van der Waals surface area (Å²) in [5.41, 5.74) is 3.51. The van der Waals surface area contributed by atoms with E-state index in [1.54, 1.807) is 30.8 Å². The summed E-state index contributed by atoms with van der Waals surface area (Å²) in [4.78, 5) is 12.6. The molecule has 29 heavy (non-hydrogen) atoms. The van der Waals surface area contributed by atoms with Crippen molar-refractivity contribution >= 4 is 45.0 Å². The van der Waals surface area contributed by atoms with Gasteiger partial charge in [0.05, 0.1) is 11.9 Å². The fourth-order valence-electron chi connectivity index (χ4n) is 3.10. The van der Waals surface area contributed by atoms with Gasteiger partial charge in [0.15, 0.2) is 0 Å². The smallest absolute Gasteiger partial charge is 0.243 e. The van der Waals surface area contributed by atoms with E-state index in [1.807, 2.05) is 44.2 Å². The summed E-state index contributed by atoms with van der Waals surface area (Å²) in [6.45, 7) is 5.86. The van der Waals surface area contributed by atoms with Crippen molar-refractivity contribution in [2.24, 2.45) is 0 Å². The van der Waals surface area contributed by atoms with E-state index in [4.69, 9.17) is 11.6 Å². The quantitative estimate of drug-likeness (QED) is 0.577. The zero-order chi connectivity index (χ0) is 21.6. The van der Waals surface area contributed by atoms with Gasteiger partial charge in [-0.15, -0.1) is 0 Å². The maximum absolute atomic E-state index is 12.6. The molecule has 0 heterocycles. The molecular weight excluding hydrogens is 428 g/mol. The minimum Gasteiger partial charge on any atom is -0.353 e. The molecule has 0 aliphatic carbocycles. The molecule has 0 radical (unpaired) electrons. The van der Waals surface area contributed by atoms with Gasteiger partial charge in [-0.05, 0) is 61.7 Å². The number of anilines is 1. The molecule has 1 N–H and O–H groups in total. The lowest BCUT2D eigenvalue weighted by Gasteiger charge is -2.28. The van der Waals surface area contributed by atoms with Crippen LogP contribution in [0, 0.1) is 13.8 Å². The number of nitrogens with one attached hydrogen (secondary N) is 1. The maximum Gasteiger partial charge on any atom is 0.243 e. The van der Waals surface area contributed by atoms with Crippen LogP contribution in [0.5, 0.6) is 0 Å². The average molecular weight is 455 g/mol. The van der Waals surface area contributed by atoms with Crippen LogP contribution in [0.3, 0.4) is 0 Å². The fraction of sp³-hybridized carbons (Fsp3) is 0.381. The van der Waals surface area contributed by atoms with E-state index in [0.29, 0.717) is 23.0 Å². The third-order valence-corrected chi connectivity index (χ3v) is 6.76. The second-order valence-corrected chi connectivity index (χ2v) is 10.5. The van der Waals surface area contributed by atoms with Crippen LogP contribution < -0.4 is 9.62 Å². The van der Waals surface area contributed by atoms with Gasteiger partial charge in [0.2, 0.25) is 15.9 Å². The first kappa shape index (κ1) is 23.6. The van der Waals surface area contributed by atoms with Gasteiger partial charge in [0.1, 0.15) is 6.04 Å². The SMILES string of the molecule is Cc1cc(C)cc(N([C@@H](C)C(=O)NCCSCc2cccc(Cl)c2)S(C)(=O)=O)c1. The standard InChI is InChI=1S/C21H27ClN2O3S2/c1-15-10-16(2)12-20(11-15)24(29(4,26)27)17(3)21(25)23-8-9-28-14-18-6-5-7-19(22)13-18/h5-7,10-13,17H,8-9,14H2,1-4H3,(H,23,25)/t17-/m0/s1. The number of halogens is 1. The Labute approximate surface area is 182 Å². The molecule has 8 heteroatoms. The summed E-state index contributed by atoms with van der Waals surface area (Å²) < 4.78 is 26.0. The molecule has 0 aliphatic rings. The van der Waals surface area contributed by atoms with Crippen LogP contribution >= 0.6 is 23.4 Å². The Morgan fingerprint density at radius 2 is 1.83 bits per heavy atom. The highest BCUT2D eigenvalue weighted by atomic mass is 35.5. The maximum atomic E-state index is 12.6. The molecule has 0 bridgehead atoms. The first-order valence-corrected chi connectivity index (χ1v) is 12.6. The fourth-order valence-corrected chi connectivity index (χ4v) is 5.27. The van der Waals surface area contributed by atoms with E-state index in [2.05, 4.69) is 5.32 Å². The Kier molecular flexibility index (Phi) is 8.43. The van der Waals surface area contributed by atoms with Gasteiger partial charge < -0.3 is 5.32 Å². The number of sulfonamides is 1. The topological polar surface area (TPSA) is 66.5 Å². The van der Waals surface area contributed by atoms with Crippen LogP contribution in [0.4, 0.5) is 5.69 Å². The number of amides is 1. The Morgan fingerprint density at radius 1 is 1.17 bits per heavy atom. The van der Waals surface area contributed by atoms with Crippen LogP contribution in [0.25, 0.3) is 0 Å². The van der Waals surface area contributed by atoms with E-state index in [1.165, 1.54) is 4.31 Å². The van der Waals surface area contributed by atoms with Gasteiger partial charge in [-0.3, -0.25) is 9.10 Å². The lowest BCUT2D eigenvalue weighted by Crippen LogP contribution is -2.48. The second kappa shape index (κ2) is 10.4. The summed E-state index contributed by atoms with van der Waals surface area (Å²) in [6.07, 6.45) is 1.12. The van der Waals surface area contributed by atoms with E-state index in [-0.39, 0.29) is 5.91 Å². The molecule has 2 rings (SSSR count). The number of hydrogen-bond donors (Lipinski definition) is 1. The largest absolute Gasteiger partial charge is 0.353 e. The number of carbonyl (C=O) groups excluding carboxylic acids is 1. The minimum atomic E-state index is -3.62. The lowest BCUT2D eigenvalue weighted by molar-refractivity contribution is -0.121. The van der Waals surface area contributed by atoms with Gasteiger partial charge in [-0.25, -0.2) is 8.42 Å². The van der Waals surface area contributed by atoms with Crippen molar-refractivity contribution < 1.29 is 13.2 Å². The Morgan fingerprint density at radius 3 is 2.41 bits per heavy atom. The van der Waals surface area contributed by atoms with E-state index in [9.17, 15) is 13.2 Å². The van der Waals surface area contributed by atoms with E-state index < -0.39 is 16.1 Å². The molecule has 0 fully saturated rings. The minimum absolute atomic E-state index is 0.321. The molecule has 158 valence electrons. The van der Waals surface area contributed by atoms with Gasteiger partial charge in [0, 0.05) is 23.1 Å². The molecule has 1 amide bonds. The van der Waals surface area contributed by atoms with Gasteiger partial charge in [-0.1, -0.05) is 29.8 Å². The highest BCUT2D eigenvalue weighted by Crippen LogP contribution is 2.24. The highest BCUT2D eigenvalue weighted by Gasteiger charge is 2.29. The van der Waals surface area contributed by atoms with Crippen molar-refractivity contribution in [3.8, 4) is 0 Å². The molecule has 1 atom stereocenters. The molecule has 0 aliphatic heterocycles. The van der Waals surface area contributed by atoms with Crippen LogP contribution in [0.1, 0.15) is 23.6 Å². The van der Waals surface area contributed by atoms with Crippen LogP contribution in [-0.2, 0) is 20.6 Å². The van der Waals surface area contributed by atoms with E-state index in [0.717, 1.165) is 28.7 Å². The second-order valence-electron chi connectivity index (χ2n) is 7.05. The van der Waals surface area contributed by atoms with Gasteiger partial charge >= 0.3 is 0 Å². The normalized spacial score (nSPS) is 12.4. The van der Waals surface area contributed by atoms with Crippen molar-refractivity contribution in [2.45, 2.75) is 32.6 Å². The van der Waals surface area contributed by atoms with Gasteiger partial charge in [0.25, 0.3) is 0 Å². The number of rotatable bonds is 9. The predicted molar refractivity (Wildman–Crippen MR) is 123 cm³/mol. The van der Waals surface area contributed by atoms with Crippen LogP contribution in [-0.4, -0.2) is 38.9 Å². The Bertz CT molecular complexity index is 944. The number of thioether (sulfide) groups is 1. The average Bonchev–Trinajstić information content (AvgIpc) is 2.59. The number of aryl methyl sites for hydroxylation is 2. The molecule has 5 nitrogen and oxygen atoms in total. The molecule has 0 saturated carbocycles. The third kappa shape index (κ3) is 7.24. The molecule has 0 unspecified atom stereocenters. The third-order valence-electron chi connectivity index (χ3n) is 4.25. The molecule has 2 aromatic rings. The van der Waals surface area contributed by atoms with Crippen LogP contribution in [0.15, 0.2) is 42.5 Å². The summed E-state index contributed by atoms with van der Waals surface area (Å²) in [6, 6.07) is 12.3. The molecule has 0 spiro atoms. The van der Waals surface area contributed by atoms with Crippen molar-refractivity contribution in [1.29, 1.82) is 0 Å². The first-order chi connectivity index (χ1) is 13.6. The summed E-state index contributed by atoms with van der Waals surface area (Å²) in [5.74, 6) is 1.19. The van der Waals surface area contributed by atoms with Crippen molar-refractivity contribution in [3.05, 3.63) is 64.2 Å². The zero-order valence-corrected chi connectivity index (χ0v) is 19.5. The molecular formula is C21H27ClN2O3S2. The molecule has 0 saturated heterocycles. The first-order valence-electron chi connectivity index (χ1n) is 9.25. The summed E-state index contributed by atoms with van der Waals surface area (Å²) >= 11 is 7.66. The Balaban J connectivity index is 1.95. The molecule has 0 aromatic heterocycles. The van der Waals surface area contributed by atoms with Crippen molar-refractivity contribution in [2.75, 3.05) is 22.9 Å². The molecule has 2 aromatic carbocycles.